The van der Waals surface area contributed by atoms with E-state index in [1.54, 1.807) is 35.2 Å². The number of aryl methyl sites for hydroxylation is 1. The van der Waals surface area contributed by atoms with Gasteiger partial charge in [-0.1, -0.05) is 29.8 Å². The van der Waals surface area contributed by atoms with Crippen molar-refractivity contribution in [2.75, 3.05) is 32.7 Å². The molecule has 0 unspecified atom stereocenters. The lowest BCUT2D eigenvalue weighted by Crippen LogP contribution is -2.87. The molecule has 29 heavy (non-hydrogen) atoms. The molecule has 1 amide bonds. The minimum atomic E-state index is -3.54. The Hall–Kier alpha value is -2.29. The Bertz CT molecular complexity index is 955. The molecule has 3 rings (SSSR count). The summed E-state index contributed by atoms with van der Waals surface area (Å²) in [6.07, 6.45) is 0. The van der Waals surface area contributed by atoms with Crippen LogP contribution >= 0.6 is 0 Å². The largest absolute Gasteiger partial charge is 0.335 e. The van der Waals surface area contributed by atoms with Crippen LogP contribution < -0.4 is 5.32 Å². The molecule has 0 spiro atoms. The molecule has 1 atom stereocenters. The summed E-state index contributed by atoms with van der Waals surface area (Å²) in [5, 5.41) is 1.87. The predicted octanol–water partition coefficient (Wildman–Crippen LogP) is 1.29. The number of hydrogen-bond donors (Lipinski definition) is 1. The Kier molecular flexibility index (Phi) is 6.66. The number of benzene rings is 2. The molecular weight excluding hydrogens is 393 g/mol. The van der Waals surface area contributed by atoms with Crippen LogP contribution in [0.25, 0.3) is 0 Å². The number of amides is 1. The van der Waals surface area contributed by atoms with Gasteiger partial charge in [0.05, 0.1) is 4.90 Å². The molecule has 8 heteroatoms. The fraction of sp³-hybridized carbons (Fsp3) is 0.381. The first-order valence-corrected chi connectivity index (χ1v) is 11.1. The molecule has 1 fully saturated rings. The number of nitrogens with two attached hydrogens (primary N) is 1. The highest BCUT2D eigenvalue weighted by Gasteiger charge is 2.30. The molecule has 0 saturated carbocycles. The first kappa shape index (κ1) is 21.4. The molecule has 0 aromatic heterocycles. The van der Waals surface area contributed by atoms with Gasteiger partial charge in [0.1, 0.15) is 11.9 Å². The second kappa shape index (κ2) is 9.02. The normalized spacial score (nSPS) is 16.6. The lowest BCUT2D eigenvalue weighted by Gasteiger charge is -2.33. The zero-order valence-corrected chi connectivity index (χ0v) is 17.5. The van der Waals surface area contributed by atoms with Gasteiger partial charge in [0.15, 0.2) is 6.54 Å². The standard InChI is InChI=1S/C21H26FN3O3S/c1-16-6-8-20(9-7-16)29(27,28)25-12-10-24(11-13-25)21(26)15-23-17(2)18-4-3-5-19(22)14-18/h3-9,14,17,23H,10-13,15H2,1-2H3/p+1/t17-/m1/s1. The zero-order chi connectivity index (χ0) is 21.0. The van der Waals surface area contributed by atoms with Crippen LogP contribution in [0.3, 0.4) is 0 Å². The van der Waals surface area contributed by atoms with E-state index in [1.165, 1.54) is 16.4 Å². The number of rotatable bonds is 6. The molecule has 0 bridgehead atoms. The molecule has 1 aliphatic rings. The molecule has 2 aromatic carbocycles. The van der Waals surface area contributed by atoms with E-state index in [2.05, 4.69) is 0 Å². The Morgan fingerprint density at radius 2 is 1.76 bits per heavy atom. The third kappa shape index (κ3) is 5.20. The minimum absolute atomic E-state index is 0.0411. The van der Waals surface area contributed by atoms with Crippen molar-refractivity contribution in [1.82, 2.24) is 9.21 Å². The Morgan fingerprint density at radius 1 is 1.10 bits per heavy atom. The van der Waals surface area contributed by atoms with Crippen LogP contribution in [-0.2, 0) is 14.8 Å². The number of hydrogen-bond acceptors (Lipinski definition) is 3. The van der Waals surface area contributed by atoms with Crippen molar-refractivity contribution in [2.45, 2.75) is 24.8 Å². The average molecular weight is 421 g/mol. The van der Waals surface area contributed by atoms with Gasteiger partial charge < -0.3 is 10.2 Å². The van der Waals surface area contributed by atoms with Crippen LogP contribution in [0.5, 0.6) is 0 Å². The van der Waals surface area contributed by atoms with E-state index in [0.717, 1.165) is 11.1 Å². The number of sulfonamides is 1. The van der Waals surface area contributed by atoms with Crippen LogP contribution in [0, 0.1) is 12.7 Å². The smallest absolute Gasteiger partial charge is 0.277 e. The van der Waals surface area contributed by atoms with Crippen LogP contribution in [0.1, 0.15) is 24.1 Å². The number of carbonyl (C=O) groups excluding carboxylic acids is 1. The number of halogens is 1. The Balaban J connectivity index is 1.52. The third-order valence-electron chi connectivity index (χ3n) is 5.27. The fourth-order valence-electron chi connectivity index (χ4n) is 3.37. The van der Waals surface area contributed by atoms with Gasteiger partial charge in [0.25, 0.3) is 5.91 Å². The minimum Gasteiger partial charge on any atom is -0.335 e. The van der Waals surface area contributed by atoms with Gasteiger partial charge in [-0.15, -0.1) is 0 Å². The second-order valence-electron chi connectivity index (χ2n) is 7.38. The van der Waals surface area contributed by atoms with Gasteiger partial charge in [-0.25, -0.2) is 12.8 Å². The maximum absolute atomic E-state index is 13.3. The first-order valence-electron chi connectivity index (χ1n) is 9.71. The Morgan fingerprint density at radius 3 is 2.38 bits per heavy atom. The van der Waals surface area contributed by atoms with Crippen LogP contribution in [0.15, 0.2) is 53.4 Å². The second-order valence-corrected chi connectivity index (χ2v) is 9.32. The van der Waals surface area contributed by atoms with E-state index in [4.69, 9.17) is 0 Å². The maximum Gasteiger partial charge on any atom is 0.277 e. The molecule has 156 valence electrons. The van der Waals surface area contributed by atoms with Gasteiger partial charge in [-0.3, -0.25) is 4.79 Å². The molecule has 2 aromatic rings. The molecule has 1 saturated heterocycles. The number of quaternary nitrogens is 1. The van der Waals surface area contributed by atoms with Crippen molar-refractivity contribution in [3.63, 3.8) is 0 Å². The summed E-state index contributed by atoms with van der Waals surface area (Å²) in [6.45, 7) is 5.37. The highest BCUT2D eigenvalue weighted by molar-refractivity contribution is 7.89. The van der Waals surface area contributed by atoms with Crippen molar-refractivity contribution < 1.29 is 22.9 Å². The van der Waals surface area contributed by atoms with E-state index < -0.39 is 10.0 Å². The van der Waals surface area contributed by atoms with Crippen LogP contribution in [0.4, 0.5) is 4.39 Å². The van der Waals surface area contributed by atoms with Crippen molar-refractivity contribution in [1.29, 1.82) is 0 Å². The molecular formula is C21H27FN3O3S+. The van der Waals surface area contributed by atoms with Gasteiger partial charge in [-0.05, 0) is 38.1 Å². The van der Waals surface area contributed by atoms with Gasteiger partial charge in [0, 0.05) is 31.7 Å². The third-order valence-corrected chi connectivity index (χ3v) is 7.18. The highest BCUT2D eigenvalue weighted by atomic mass is 32.2. The summed E-state index contributed by atoms with van der Waals surface area (Å²) in [4.78, 5) is 14.5. The molecule has 6 nitrogen and oxygen atoms in total. The topological polar surface area (TPSA) is 74.3 Å². The highest BCUT2D eigenvalue weighted by Crippen LogP contribution is 2.18. The maximum atomic E-state index is 13.3. The number of carbonyl (C=O) groups is 1. The van der Waals surface area contributed by atoms with Crippen LogP contribution in [0.2, 0.25) is 0 Å². The van der Waals surface area contributed by atoms with E-state index in [-0.39, 0.29) is 42.3 Å². The van der Waals surface area contributed by atoms with Crippen molar-refractivity contribution in [3.05, 3.63) is 65.5 Å². The van der Waals surface area contributed by atoms with E-state index in [0.29, 0.717) is 13.1 Å². The van der Waals surface area contributed by atoms with Gasteiger partial charge >= 0.3 is 0 Å². The van der Waals surface area contributed by atoms with Crippen molar-refractivity contribution in [2.24, 2.45) is 0 Å². The van der Waals surface area contributed by atoms with E-state index in [1.807, 2.05) is 25.2 Å². The lowest BCUT2D eigenvalue weighted by molar-refractivity contribution is -0.683. The summed E-state index contributed by atoms with van der Waals surface area (Å²) in [7, 11) is -3.54. The molecule has 0 radical (unpaired) electrons. The van der Waals surface area contributed by atoms with E-state index >= 15 is 0 Å². The molecule has 1 heterocycles. The number of piperazine rings is 1. The monoisotopic (exact) mass is 420 g/mol. The lowest BCUT2D eigenvalue weighted by atomic mass is 10.1. The van der Waals surface area contributed by atoms with Gasteiger partial charge in [-0.2, -0.15) is 4.31 Å². The van der Waals surface area contributed by atoms with Gasteiger partial charge in [0.2, 0.25) is 10.0 Å². The zero-order valence-electron chi connectivity index (χ0n) is 16.7. The van der Waals surface area contributed by atoms with Crippen LogP contribution in [-0.4, -0.2) is 56.3 Å². The first-order chi connectivity index (χ1) is 13.8. The number of nitrogens with zero attached hydrogens (tertiary/aromatic N) is 2. The Labute approximate surface area is 171 Å². The molecule has 0 aliphatic carbocycles. The van der Waals surface area contributed by atoms with Crippen molar-refractivity contribution >= 4 is 15.9 Å². The van der Waals surface area contributed by atoms with Crippen molar-refractivity contribution in [3.8, 4) is 0 Å². The average Bonchev–Trinajstić information content (AvgIpc) is 2.72. The molecule has 1 aliphatic heterocycles. The SMILES string of the molecule is Cc1ccc(S(=O)(=O)N2CCN(C(=O)C[NH2+][C@H](C)c3cccc(F)c3)CC2)cc1. The van der Waals surface area contributed by atoms with E-state index in [9.17, 15) is 17.6 Å². The quantitative estimate of drug-likeness (QED) is 0.765. The molecule has 2 N–H and O–H groups in total. The summed E-state index contributed by atoms with van der Waals surface area (Å²) >= 11 is 0. The summed E-state index contributed by atoms with van der Waals surface area (Å²) in [6, 6.07) is 13.1. The fourth-order valence-corrected chi connectivity index (χ4v) is 4.79. The predicted molar refractivity (Wildman–Crippen MR) is 108 cm³/mol. The summed E-state index contributed by atoms with van der Waals surface area (Å²) < 4.78 is 40.3. The summed E-state index contributed by atoms with van der Waals surface area (Å²) in [5.41, 5.74) is 1.83. The summed E-state index contributed by atoms with van der Waals surface area (Å²) in [5.74, 6) is -0.333.